The van der Waals surface area contributed by atoms with Crippen LogP contribution in [-0.2, 0) is 0 Å². The fourth-order valence-electron chi connectivity index (χ4n) is 1.55. The van der Waals surface area contributed by atoms with Gasteiger partial charge in [-0.15, -0.1) is 0 Å². The smallest absolute Gasteiger partial charge is 0.285 e. The molecule has 2 aromatic rings. The van der Waals surface area contributed by atoms with Crippen LogP contribution in [0.1, 0.15) is 10.4 Å². The summed E-state index contributed by atoms with van der Waals surface area (Å²) in [6.07, 6.45) is 0.864. The zero-order chi connectivity index (χ0) is 15.6. The summed E-state index contributed by atoms with van der Waals surface area (Å²) in [6.45, 7) is 0. The number of amides is 1. The molecule has 2 rings (SSSR count). The highest BCUT2D eigenvalue weighted by Crippen LogP contribution is 2.25. The van der Waals surface area contributed by atoms with Gasteiger partial charge in [-0.2, -0.15) is 0 Å². The normalized spacial score (nSPS) is 10.2. The van der Waals surface area contributed by atoms with Crippen LogP contribution in [-0.4, -0.2) is 15.8 Å². The van der Waals surface area contributed by atoms with Gasteiger partial charge in [0.25, 0.3) is 11.6 Å². The predicted molar refractivity (Wildman–Crippen MR) is 69.6 cm³/mol. The fraction of sp³-hybridized carbons (Fsp3) is 0. The first-order chi connectivity index (χ1) is 9.88. The lowest BCUT2D eigenvalue weighted by Crippen LogP contribution is -2.15. The maximum Gasteiger partial charge on any atom is 0.285 e. The van der Waals surface area contributed by atoms with Crippen molar-refractivity contribution in [2.45, 2.75) is 0 Å². The van der Waals surface area contributed by atoms with Gasteiger partial charge in [-0.25, -0.2) is 13.8 Å². The summed E-state index contributed by atoms with van der Waals surface area (Å²) >= 11 is 0. The van der Waals surface area contributed by atoms with Crippen LogP contribution >= 0.6 is 0 Å². The Morgan fingerprint density at radius 2 is 2.05 bits per heavy atom. The number of nitrogen functional groups attached to an aromatic ring is 1. The number of rotatable bonds is 3. The van der Waals surface area contributed by atoms with Gasteiger partial charge >= 0.3 is 0 Å². The van der Waals surface area contributed by atoms with Crippen LogP contribution in [0.4, 0.5) is 26.0 Å². The number of pyridine rings is 1. The van der Waals surface area contributed by atoms with Crippen LogP contribution in [0.15, 0.2) is 30.5 Å². The number of nitrogens with zero attached hydrogens (tertiary/aromatic N) is 2. The molecular formula is C12H8F2N4O3. The molecule has 1 aromatic carbocycles. The molecule has 0 saturated carbocycles. The number of anilines is 2. The first-order valence-electron chi connectivity index (χ1n) is 5.55. The number of carbonyl (C=O) groups is 1. The molecule has 1 heterocycles. The van der Waals surface area contributed by atoms with Crippen LogP contribution in [0.25, 0.3) is 0 Å². The summed E-state index contributed by atoms with van der Waals surface area (Å²) in [6, 6.07) is 3.64. The van der Waals surface area contributed by atoms with E-state index in [9.17, 15) is 23.7 Å². The van der Waals surface area contributed by atoms with Crippen molar-refractivity contribution in [3.63, 3.8) is 0 Å². The summed E-state index contributed by atoms with van der Waals surface area (Å²) in [4.78, 5) is 25.5. The average Bonchev–Trinajstić information content (AvgIpc) is 2.43. The summed E-state index contributed by atoms with van der Waals surface area (Å²) < 4.78 is 25.9. The Kier molecular flexibility index (Phi) is 3.74. The van der Waals surface area contributed by atoms with E-state index in [4.69, 9.17) is 5.73 Å². The number of nitrogens with two attached hydrogens (primary N) is 1. The van der Waals surface area contributed by atoms with Crippen LogP contribution in [0.2, 0.25) is 0 Å². The molecule has 0 radical (unpaired) electrons. The number of hydrogen-bond donors (Lipinski definition) is 2. The molecule has 21 heavy (non-hydrogen) atoms. The van der Waals surface area contributed by atoms with Crippen molar-refractivity contribution in [3.05, 3.63) is 57.8 Å². The second-order valence-electron chi connectivity index (χ2n) is 3.96. The SMILES string of the molecule is Nc1cc(C(=O)Nc2ccc(F)cn2)c([N+](=O)[O-])cc1F. The zero-order valence-corrected chi connectivity index (χ0v) is 10.3. The molecule has 0 saturated heterocycles. The molecule has 1 aromatic heterocycles. The summed E-state index contributed by atoms with van der Waals surface area (Å²) in [7, 11) is 0. The van der Waals surface area contributed by atoms with Crippen molar-refractivity contribution in [1.82, 2.24) is 4.98 Å². The Morgan fingerprint density at radius 3 is 2.62 bits per heavy atom. The van der Waals surface area contributed by atoms with Gasteiger partial charge in [0, 0.05) is 0 Å². The summed E-state index contributed by atoms with van der Waals surface area (Å²) in [5.41, 5.74) is 3.73. The van der Waals surface area contributed by atoms with Crippen LogP contribution < -0.4 is 11.1 Å². The number of carbonyl (C=O) groups excluding carboxylic acids is 1. The lowest BCUT2D eigenvalue weighted by atomic mass is 10.1. The van der Waals surface area contributed by atoms with Crippen LogP contribution in [0, 0.1) is 21.7 Å². The van der Waals surface area contributed by atoms with E-state index in [1.165, 1.54) is 6.07 Å². The van der Waals surface area contributed by atoms with Gasteiger partial charge < -0.3 is 11.1 Å². The van der Waals surface area contributed by atoms with E-state index >= 15 is 0 Å². The van der Waals surface area contributed by atoms with Crippen LogP contribution in [0.3, 0.4) is 0 Å². The third-order valence-corrected chi connectivity index (χ3v) is 2.53. The van der Waals surface area contributed by atoms with E-state index in [-0.39, 0.29) is 5.82 Å². The Morgan fingerprint density at radius 1 is 1.33 bits per heavy atom. The van der Waals surface area contributed by atoms with E-state index in [0.717, 1.165) is 18.3 Å². The predicted octanol–water partition coefficient (Wildman–Crippen LogP) is 2.10. The molecule has 0 spiro atoms. The Balaban J connectivity index is 2.36. The molecule has 9 heteroatoms. The van der Waals surface area contributed by atoms with Gasteiger partial charge in [-0.1, -0.05) is 0 Å². The number of nitro groups is 1. The standard InChI is InChI=1S/C12H8F2N4O3/c13-6-1-2-11(16-5-6)17-12(19)7-3-9(15)8(14)4-10(7)18(20)21/h1-5H,15H2,(H,16,17,19). The van der Waals surface area contributed by atoms with Crippen molar-refractivity contribution in [1.29, 1.82) is 0 Å². The lowest BCUT2D eigenvalue weighted by Gasteiger charge is -2.06. The van der Waals surface area contributed by atoms with E-state index in [1.807, 2.05) is 0 Å². The molecule has 0 aliphatic heterocycles. The molecule has 0 aliphatic carbocycles. The van der Waals surface area contributed by atoms with Crippen LogP contribution in [0.5, 0.6) is 0 Å². The molecule has 1 amide bonds. The largest absolute Gasteiger partial charge is 0.396 e. The Hall–Kier alpha value is -3.10. The molecule has 0 aliphatic rings. The number of halogens is 2. The molecule has 0 unspecified atom stereocenters. The maximum atomic E-state index is 13.2. The lowest BCUT2D eigenvalue weighted by molar-refractivity contribution is -0.385. The molecule has 0 atom stereocenters. The Labute approximate surface area is 116 Å². The second kappa shape index (κ2) is 5.49. The minimum atomic E-state index is -1.00. The molecule has 108 valence electrons. The van der Waals surface area contributed by atoms with Crippen molar-refractivity contribution in [2.24, 2.45) is 0 Å². The third-order valence-electron chi connectivity index (χ3n) is 2.53. The molecule has 3 N–H and O–H groups in total. The zero-order valence-electron chi connectivity index (χ0n) is 10.3. The molecule has 0 fully saturated rings. The molecule has 7 nitrogen and oxygen atoms in total. The summed E-state index contributed by atoms with van der Waals surface area (Å²) in [5.74, 6) is -2.53. The fourth-order valence-corrected chi connectivity index (χ4v) is 1.55. The number of aromatic nitrogens is 1. The van der Waals surface area contributed by atoms with Crippen molar-refractivity contribution in [3.8, 4) is 0 Å². The first-order valence-corrected chi connectivity index (χ1v) is 5.55. The van der Waals surface area contributed by atoms with E-state index < -0.39 is 39.4 Å². The minimum absolute atomic E-state index is 0.0152. The summed E-state index contributed by atoms with van der Waals surface area (Å²) in [5, 5.41) is 13.1. The Bertz CT molecular complexity index is 719. The second-order valence-corrected chi connectivity index (χ2v) is 3.96. The molecular weight excluding hydrogens is 286 g/mol. The van der Waals surface area contributed by atoms with Gasteiger partial charge in [0.15, 0.2) is 5.82 Å². The topological polar surface area (TPSA) is 111 Å². The van der Waals surface area contributed by atoms with E-state index in [1.54, 1.807) is 0 Å². The highest BCUT2D eigenvalue weighted by molar-refractivity contribution is 6.07. The van der Waals surface area contributed by atoms with Crippen molar-refractivity contribution >= 4 is 23.1 Å². The van der Waals surface area contributed by atoms with Crippen molar-refractivity contribution < 1.29 is 18.5 Å². The third kappa shape index (κ3) is 3.08. The highest BCUT2D eigenvalue weighted by Gasteiger charge is 2.23. The number of nitro benzene ring substituents is 1. The quantitative estimate of drug-likeness (QED) is 0.511. The van der Waals surface area contributed by atoms with Crippen molar-refractivity contribution in [2.75, 3.05) is 11.1 Å². The van der Waals surface area contributed by atoms with Gasteiger partial charge in [0.05, 0.1) is 22.9 Å². The van der Waals surface area contributed by atoms with E-state index in [0.29, 0.717) is 6.07 Å². The van der Waals surface area contributed by atoms with Gasteiger partial charge in [-0.3, -0.25) is 14.9 Å². The van der Waals surface area contributed by atoms with E-state index in [2.05, 4.69) is 10.3 Å². The first kappa shape index (κ1) is 14.3. The number of benzene rings is 1. The monoisotopic (exact) mass is 294 g/mol. The highest BCUT2D eigenvalue weighted by atomic mass is 19.1. The average molecular weight is 294 g/mol. The molecule has 0 bridgehead atoms. The van der Waals surface area contributed by atoms with Gasteiger partial charge in [0.2, 0.25) is 0 Å². The minimum Gasteiger partial charge on any atom is -0.396 e. The number of nitrogens with one attached hydrogen (secondary N) is 1. The maximum absolute atomic E-state index is 13.2. The van der Waals surface area contributed by atoms with Gasteiger partial charge in [-0.05, 0) is 18.2 Å². The van der Waals surface area contributed by atoms with Gasteiger partial charge in [0.1, 0.15) is 17.2 Å². The number of hydrogen-bond acceptors (Lipinski definition) is 5.